The molecule has 4 nitrogen and oxygen atoms in total. The van der Waals surface area contributed by atoms with E-state index in [0.29, 0.717) is 11.1 Å². The molecule has 3 aromatic rings. The molecular weight excluding hydrogens is 365 g/mol. The molecule has 1 unspecified atom stereocenters. The van der Waals surface area contributed by atoms with Crippen molar-refractivity contribution in [3.05, 3.63) is 65.5 Å². The Balaban J connectivity index is 1.33. The van der Waals surface area contributed by atoms with Gasteiger partial charge in [-0.3, -0.25) is 4.99 Å². The van der Waals surface area contributed by atoms with E-state index in [4.69, 9.17) is 0 Å². The fourth-order valence-corrected chi connectivity index (χ4v) is 4.56. The highest BCUT2D eigenvalue weighted by atomic mass is 19.1. The number of aromatic hydroxyl groups is 1. The number of anilines is 1. The Bertz CT molecular complexity index is 1100. The molecule has 2 aliphatic rings. The highest BCUT2D eigenvalue weighted by molar-refractivity contribution is 6.02. The number of halogens is 1. The van der Waals surface area contributed by atoms with Crippen LogP contribution in [0.3, 0.4) is 0 Å². The third kappa shape index (κ3) is 3.53. The number of H-pyrrole nitrogens is 1. The number of aromatic nitrogens is 1. The van der Waals surface area contributed by atoms with Crippen molar-refractivity contribution in [2.45, 2.75) is 25.7 Å². The van der Waals surface area contributed by atoms with Crippen LogP contribution < -0.4 is 4.90 Å². The molecule has 0 spiro atoms. The lowest BCUT2D eigenvalue weighted by Crippen LogP contribution is -2.36. The highest BCUT2D eigenvalue weighted by Crippen LogP contribution is 2.34. The van der Waals surface area contributed by atoms with Gasteiger partial charge in [-0.1, -0.05) is 11.6 Å². The number of nitrogens with zero attached hydrogens (tertiary/aromatic N) is 2. The summed E-state index contributed by atoms with van der Waals surface area (Å²) in [5, 5.41) is 10.9. The molecule has 29 heavy (non-hydrogen) atoms. The standard InChI is InChI=1S/C24H24FN3O/c25-18-5-10-21-22(24(29)27-23(21)13-18)14-26-19-6-8-20(9-7-19)28-12-11-16-3-1-2-4-17(16)15-28/h4-10,13-14,16,27,29H,1-3,11-12,15H2. The van der Waals surface area contributed by atoms with E-state index < -0.39 is 0 Å². The second-order valence-electron chi connectivity index (χ2n) is 7.97. The van der Waals surface area contributed by atoms with Gasteiger partial charge in [-0.15, -0.1) is 0 Å². The van der Waals surface area contributed by atoms with E-state index in [9.17, 15) is 9.50 Å². The molecule has 1 aliphatic carbocycles. The molecule has 1 saturated heterocycles. The Hall–Kier alpha value is -3.08. The van der Waals surface area contributed by atoms with E-state index in [0.717, 1.165) is 30.1 Å². The lowest BCUT2D eigenvalue weighted by Gasteiger charge is -2.37. The van der Waals surface area contributed by atoms with Gasteiger partial charge in [0.05, 0.1) is 16.8 Å². The number of piperidine rings is 1. The summed E-state index contributed by atoms with van der Waals surface area (Å²) in [5.74, 6) is 0.446. The van der Waals surface area contributed by atoms with Gasteiger partial charge < -0.3 is 15.0 Å². The van der Waals surface area contributed by atoms with Crippen LogP contribution in [0.5, 0.6) is 5.88 Å². The summed E-state index contributed by atoms with van der Waals surface area (Å²) in [6, 6.07) is 12.6. The third-order valence-corrected chi connectivity index (χ3v) is 6.15. The molecule has 1 aliphatic heterocycles. The largest absolute Gasteiger partial charge is 0.494 e. The lowest BCUT2D eigenvalue weighted by atomic mass is 9.82. The molecule has 5 rings (SSSR count). The first kappa shape index (κ1) is 18.0. The molecule has 2 aromatic carbocycles. The molecule has 1 aromatic heterocycles. The van der Waals surface area contributed by atoms with Crippen LogP contribution in [-0.2, 0) is 0 Å². The minimum absolute atomic E-state index is 0.00500. The van der Waals surface area contributed by atoms with Crippen LogP contribution in [-0.4, -0.2) is 29.4 Å². The first-order valence-corrected chi connectivity index (χ1v) is 10.3. The molecular formula is C24H24FN3O. The number of benzene rings is 2. The Kier molecular flexibility index (Phi) is 4.58. The zero-order valence-corrected chi connectivity index (χ0v) is 16.2. The third-order valence-electron chi connectivity index (χ3n) is 6.15. The molecule has 2 heterocycles. The Morgan fingerprint density at radius 3 is 2.86 bits per heavy atom. The monoisotopic (exact) mass is 389 g/mol. The zero-order valence-electron chi connectivity index (χ0n) is 16.2. The van der Waals surface area contributed by atoms with Gasteiger partial charge in [-0.25, -0.2) is 4.39 Å². The number of nitrogens with one attached hydrogen (secondary N) is 1. The van der Waals surface area contributed by atoms with E-state index >= 15 is 0 Å². The molecule has 1 atom stereocenters. The molecule has 0 radical (unpaired) electrons. The van der Waals surface area contributed by atoms with Crippen LogP contribution in [0.4, 0.5) is 15.8 Å². The predicted molar refractivity (Wildman–Crippen MR) is 116 cm³/mol. The van der Waals surface area contributed by atoms with Gasteiger partial charge in [-0.05, 0) is 74.1 Å². The molecule has 0 amide bonds. The number of fused-ring (bicyclic) bond motifs is 2. The number of rotatable bonds is 3. The van der Waals surface area contributed by atoms with Crippen molar-refractivity contribution in [3.8, 4) is 5.88 Å². The van der Waals surface area contributed by atoms with Crippen LogP contribution >= 0.6 is 0 Å². The molecule has 1 fully saturated rings. The Labute approximate surface area is 169 Å². The average Bonchev–Trinajstić information content (AvgIpc) is 3.06. The SMILES string of the molecule is Oc1[nH]c2cc(F)ccc2c1C=Nc1ccc(N2CCC3CCCC=C3C2)cc1. The molecule has 5 heteroatoms. The van der Waals surface area contributed by atoms with Gasteiger partial charge in [0.1, 0.15) is 5.82 Å². The molecule has 0 saturated carbocycles. The van der Waals surface area contributed by atoms with Gasteiger partial charge in [0.25, 0.3) is 0 Å². The smallest absolute Gasteiger partial charge is 0.198 e. The lowest BCUT2D eigenvalue weighted by molar-refractivity contribution is 0.438. The van der Waals surface area contributed by atoms with E-state index in [-0.39, 0.29) is 11.7 Å². The number of aromatic amines is 1. The van der Waals surface area contributed by atoms with Crippen molar-refractivity contribution in [3.63, 3.8) is 0 Å². The highest BCUT2D eigenvalue weighted by Gasteiger charge is 2.25. The van der Waals surface area contributed by atoms with E-state index in [2.05, 4.69) is 33.1 Å². The number of hydrogen-bond acceptors (Lipinski definition) is 3. The second-order valence-corrected chi connectivity index (χ2v) is 7.97. The van der Waals surface area contributed by atoms with Gasteiger partial charge >= 0.3 is 0 Å². The first-order valence-electron chi connectivity index (χ1n) is 10.3. The minimum atomic E-state index is -0.342. The molecule has 0 bridgehead atoms. The second kappa shape index (κ2) is 7.39. The zero-order chi connectivity index (χ0) is 19.8. The van der Waals surface area contributed by atoms with E-state index in [1.807, 2.05) is 12.1 Å². The summed E-state index contributed by atoms with van der Waals surface area (Å²) < 4.78 is 13.4. The fraction of sp³-hybridized carbons (Fsp3) is 0.292. The quantitative estimate of drug-likeness (QED) is 0.446. The van der Waals surface area contributed by atoms with Gasteiger partial charge in [-0.2, -0.15) is 0 Å². The summed E-state index contributed by atoms with van der Waals surface area (Å²) in [6.45, 7) is 2.14. The normalized spacial score (nSPS) is 19.6. The molecule has 148 valence electrons. The Morgan fingerprint density at radius 1 is 1.14 bits per heavy atom. The predicted octanol–water partition coefficient (Wildman–Crippen LogP) is 5.70. The van der Waals surface area contributed by atoms with Crippen molar-refractivity contribution in [1.29, 1.82) is 0 Å². The summed E-state index contributed by atoms with van der Waals surface area (Å²) in [4.78, 5) is 9.74. The number of aliphatic imine (C=N–C) groups is 1. The van der Waals surface area contributed by atoms with Crippen LogP contribution in [0.1, 0.15) is 31.2 Å². The summed E-state index contributed by atoms with van der Waals surface area (Å²) in [6.07, 6.45) is 9.22. The first-order chi connectivity index (χ1) is 14.2. The van der Waals surface area contributed by atoms with Gasteiger partial charge in [0.15, 0.2) is 5.88 Å². The van der Waals surface area contributed by atoms with Gasteiger partial charge in [0.2, 0.25) is 0 Å². The van der Waals surface area contributed by atoms with Crippen LogP contribution in [0, 0.1) is 11.7 Å². The maximum atomic E-state index is 13.4. The number of hydrogen-bond donors (Lipinski definition) is 2. The summed E-state index contributed by atoms with van der Waals surface area (Å²) >= 11 is 0. The van der Waals surface area contributed by atoms with Crippen molar-refractivity contribution >= 4 is 28.5 Å². The van der Waals surface area contributed by atoms with Crippen LogP contribution in [0.2, 0.25) is 0 Å². The number of allylic oxidation sites excluding steroid dienone is 1. The maximum Gasteiger partial charge on any atom is 0.198 e. The maximum absolute atomic E-state index is 13.4. The minimum Gasteiger partial charge on any atom is -0.494 e. The van der Waals surface area contributed by atoms with E-state index in [1.165, 1.54) is 43.5 Å². The van der Waals surface area contributed by atoms with Crippen molar-refractivity contribution in [1.82, 2.24) is 4.98 Å². The van der Waals surface area contributed by atoms with Crippen LogP contribution in [0.25, 0.3) is 10.9 Å². The van der Waals surface area contributed by atoms with Crippen molar-refractivity contribution < 1.29 is 9.50 Å². The van der Waals surface area contributed by atoms with Gasteiger partial charge in [0, 0.05) is 30.4 Å². The Morgan fingerprint density at radius 2 is 2.00 bits per heavy atom. The molecule has 2 N–H and O–H groups in total. The van der Waals surface area contributed by atoms with E-state index in [1.54, 1.807) is 17.9 Å². The summed E-state index contributed by atoms with van der Waals surface area (Å²) in [5.41, 5.74) is 4.77. The van der Waals surface area contributed by atoms with Crippen LogP contribution in [0.15, 0.2) is 59.1 Å². The van der Waals surface area contributed by atoms with Crippen molar-refractivity contribution in [2.24, 2.45) is 10.9 Å². The topological polar surface area (TPSA) is 51.6 Å². The fourth-order valence-electron chi connectivity index (χ4n) is 4.56. The summed E-state index contributed by atoms with van der Waals surface area (Å²) in [7, 11) is 0. The van der Waals surface area contributed by atoms with Crippen molar-refractivity contribution in [2.75, 3.05) is 18.0 Å². The average molecular weight is 389 g/mol.